The Labute approximate surface area is 189 Å². The molecular formula is C23H20N4O6. The van der Waals surface area contributed by atoms with Gasteiger partial charge in [-0.3, -0.25) is 15.0 Å². The van der Waals surface area contributed by atoms with Gasteiger partial charge in [0.1, 0.15) is 17.2 Å². The van der Waals surface area contributed by atoms with Crippen molar-refractivity contribution in [3.05, 3.63) is 92.4 Å². The zero-order valence-corrected chi connectivity index (χ0v) is 18.1. The Balaban J connectivity index is 2.48. The fraction of sp³-hybridized carbons (Fsp3) is 0.174. The van der Waals surface area contributed by atoms with Gasteiger partial charge in [0.2, 0.25) is 0 Å². The standard InChI is InChI=1S/C23H20N4O6/c1-13-9-10-16(17(11-13)27(30)31)26-20(23(29)33-3)19(22(28)32-2)18(15(12-24)21(26)25)14-7-5-4-6-8-14/h4-11,18H,25H2,1-3H3. The van der Waals surface area contributed by atoms with Crippen molar-refractivity contribution >= 4 is 23.3 Å². The normalized spacial score (nSPS) is 15.7. The van der Waals surface area contributed by atoms with Crippen LogP contribution in [0.5, 0.6) is 0 Å². The number of carbonyl (C=O) groups excluding carboxylic acids is 2. The van der Waals surface area contributed by atoms with E-state index in [0.29, 0.717) is 11.1 Å². The highest BCUT2D eigenvalue weighted by Gasteiger charge is 2.44. The van der Waals surface area contributed by atoms with Gasteiger partial charge in [0.15, 0.2) is 0 Å². The van der Waals surface area contributed by atoms with E-state index in [4.69, 9.17) is 15.2 Å². The number of ether oxygens (including phenoxy) is 2. The summed E-state index contributed by atoms with van der Waals surface area (Å²) in [6.07, 6.45) is 0. The minimum atomic E-state index is -1.06. The van der Waals surface area contributed by atoms with E-state index in [1.807, 2.05) is 6.07 Å². The van der Waals surface area contributed by atoms with Crippen LogP contribution in [-0.4, -0.2) is 31.1 Å². The van der Waals surface area contributed by atoms with Crippen LogP contribution in [0.15, 0.2) is 71.2 Å². The van der Waals surface area contributed by atoms with Gasteiger partial charge in [-0.05, 0) is 24.1 Å². The number of nitrogens with zero attached hydrogens (tertiary/aromatic N) is 3. The van der Waals surface area contributed by atoms with E-state index in [1.165, 1.54) is 12.1 Å². The van der Waals surface area contributed by atoms with Crippen molar-refractivity contribution in [2.24, 2.45) is 5.73 Å². The highest BCUT2D eigenvalue weighted by Crippen LogP contribution is 2.45. The Hall–Kier alpha value is -4.65. The molecule has 0 fully saturated rings. The highest BCUT2D eigenvalue weighted by molar-refractivity contribution is 6.06. The summed E-state index contributed by atoms with van der Waals surface area (Å²) in [5.74, 6) is -3.19. The minimum Gasteiger partial charge on any atom is -0.466 e. The van der Waals surface area contributed by atoms with E-state index in [-0.39, 0.29) is 34.0 Å². The fourth-order valence-corrected chi connectivity index (χ4v) is 3.73. The van der Waals surface area contributed by atoms with Crippen molar-refractivity contribution in [1.29, 1.82) is 5.26 Å². The average molecular weight is 448 g/mol. The van der Waals surface area contributed by atoms with Crippen molar-refractivity contribution in [2.75, 3.05) is 19.1 Å². The second-order valence-electron chi connectivity index (χ2n) is 7.08. The van der Waals surface area contributed by atoms with E-state index in [9.17, 15) is 25.0 Å². The third kappa shape index (κ3) is 3.99. The molecule has 0 amide bonds. The molecule has 1 heterocycles. The molecule has 2 aromatic rings. The van der Waals surface area contributed by atoms with Gasteiger partial charge < -0.3 is 15.2 Å². The summed E-state index contributed by atoms with van der Waals surface area (Å²) in [7, 11) is 2.22. The molecule has 168 valence electrons. The number of nitro benzene ring substituents is 1. The van der Waals surface area contributed by atoms with Gasteiger partial charge in [-0.1, -0.05) is 36.4 Å². The van der Waals surface area contributed by atoms with Crippen molar-refractivity contribution in [1.82, 2.24) is 0 Å². The maximum Gasteiger partial charge on any atom is 0.355 e. The maximum atomic E-state index is 13.0. The van der Waals surface area contributed by atoms with Gasteiger partial charge in [-0.2, -0.15) is 5.26 Å². The molecule has 0 saturated carbocycles. The Morgan fingerprint density at radius 1 is 1.12 bits per heavy atom. The molecular weight excluding hydrogens is 428 g/mol. The maximum absolute atomic E-state index is 13.0. The second kappa shape index (κ2) is 9.23. The number of hydrogen-bond acceptors (Lipinski definition) is 9. The fourth-order valence-electron chi connectivity index (χ4n) is 3.73. The van der Waals surface area contributed by atoms with Crippen LogP contribution in [-0.2, 0) is 19.1 Å². The molecule has 1 atom stereocenters. The molecule has 0 saturated heterocycles. The summed E-state index contributed by atoms with van der Waals surface area (Å²) >= 11 is 0. The molecule has 1 aliphatic rings. The van der Waals surface area contributed by atoms with Crippen LogP contribution in [0.2, 0.25) is 0 Å². The number of aryl methyl sites for hydroxylation is 1. The van der Waals surface area contributed by atoms with E-state index in [0.717, 1.165) is 19.1 Å². The molecule has 0 aliphatic carbocycles. The molecule has 10 heteroatoms. The first-order valence-corrected chi connectivity index (χ1v) is 9.67. The summed E-state index contributed by atoms with van der Waals surface area (Å²) in [6.45, 7) is 1.66. The van der Waals surface area contributed by atoms with Crippen molar-refractivity contribution in [3.63, 3.8) is 0 Å². The number of anilines is 1. The first kappa shape index (κ1) is 23.0. The lowest BCUT2D eigenvalue weighted by molar-refractivity contribution is -0.384. The van der Waals surface area contributed by atoms with Crippen LogP contribution < -0.4 is 10.6 Å². The molecule has 2 N–H and O–H groups in total. The molecule has 1 aliphatic heterocycles. The molecule has 3 rings (SSSR count). The number of carbonyl (C=O) groups is 2. The Morgan fingerprint density at radius 2 is 1.76 bits per heavy atom. The molecule has 0 radical (unpaired) electrons. The van der Waals surface area contributed by atoms with E-state index < -0.39 is 22.8 Å². The third-order valence-corrected chi connectivity index (χ3v) is 5.18. The zero-order chi connectivity index (χ0) is 24.3. The molecule has 2 aromatic carbocycles. The third-order valence-electron chi connectivity index (χ3n) is 5.18. The first-order valence-electron chi connectivity index (χ1n) is 9.67. The first-order chi connectivity index (χ1) is 15.8. The smallest absolute Gasteiger partial charge is 0.355 e. The van der Waals surface area contributed by atoms with Crippen LogP contribution >= 0.6 is 0 Å². The summed E-state index contributed by atoms with van der Waals surface area (Å²) in [5, 5.41) is 21.8. The number of allylic oxidation sites excluding steroid dienone is 1. The predicted octanol–water partition coefficient (Wildman–Crippen LogP) is 2.80. The van der Waals surface area contributed by atoms with Crippen LogP contribution in [0.1, 0.15) is 17.0 Å². The van der Waals surface area contributed by atoms with Crippen molar-refractivity contribution < 1.29 is 24.0 Å². The van der Waals surface area contributed by atoms with Gasteiger partial charge >= 0.3 is 11.9 Å². The molecule has 33 heavy (non-hydrogen) atoms. The lowest BCUT2D eigenvalue weighted by atomic mass is 9.81. The molecule has 10 nitrogen and oxygen atoms in total. The van der Waals surface area contributed by atoms with Crippen molar-refractivity contribution in [2.45, 2.75) is 12.8 Å². The Kier molecular flexibility index (Phi) is 6.44. The van der Waals surface area contributed by atoms with Gasteiger partial charge in [-0.15, -0.1) is 0 Å². The van der Waals surface area contributed by atoms with Crippen LogP contribution in [0.3, 0.4) is 0 Å². The van der Waals surface area contributed by atoms with Gasteiger partial charge in [0.05, 0.1) is 42.3 Å². The SMILES string of the molecule is COC(=O)C1=C(C(=O)OC)N(c2ccc(C)cc2[N+](=O)[O-])C(N)=C(C#N)C1c1ccccc1. The van der Waals surface area contributed by atoms with Gasteiger partial charge in [0, 0.05) is 6.07 Å². The Bertz CT molecular complexity index is 1240. The molecule has 1 unspecified atom stereocenters. The van der Waals surface area contributed by atoms with Crippen LogP contribution in [0, 0.1) is 28.4 Å². The lowest BCUT2D eigenvalue weighted by Gasteiger charge is -2.35. The zero-order valence-electron chi connectivity index (χ0n) is 18.1. The van der Waals surface area contributed by atoms with Gasteiger partial charge in [0.25, 0.3) is 5.69 Å². The van der Waals surface area contributed by atoms with E-state index in [1.54, 1.807) is 43.3 Å². The summed E-state index contributed by atoms with van der Waals surface area (Å²) in [5.41, 5.74) is 6.28. The quantitative estimate of drug-likeness (QED) is 0.414. The number of benzene rings is 2. The predicted molar refractivity (Wildman–Crippen MR) is 117 cm³/mol. The topological polar surface area (TPSA) is 149 Å². The largest absolute Gasteiger partial charge is 0.466 e. The molecule has 0 aromatic heterocycles. The van der Waals surface area contributed by atoms with Crippen molar-refractivity contribution in [3.8, 4) is 6.07 Å². The summed E-state index contributed by atoms with van der Waals surface area (Å²) in [6, 6.07) is 14.7. The lowest BCUT2D eigenvalue weighted by Crippen LogP contribution is -2.41. The Morgan fingerprint density at radius 3 is 2.30 bits per heavy atom. The number of esters is 2. The molecule has 0 spiro atoms. The van der Waals surface area contributed by atoms with Crippen LogP contribution in [0.25, 0.3) is 0 Å². The summed E-state index contributed by atoms with van der Waals surface area (Å²) < 4.78 is 9.85. The summed E-state index contributed by atoms with van der Waals surface area (Å²) in [4.78, 5) is 38.1. The molecule has 0 bridgehead atoms. The number of nitrogens with two attached hydrogens (primary N) is 1. The highest BCUT2D eigenvalue weighted by atomic mass is 16.6. The number of nitro groups is 1. The average Bonchev–Trinajstić information content (AvgIpc) is 2.82. The van der Waals surface area contributed by atoms with E-state index in [2.05, 4.69) is 0 Å². The number of hydrogen-bond donors (Lipinski definition) is 1. The van der Waals surface area contributed by atoms with Gasteiger partial charge in [-0.25, -0.2) is 9.59 Å². The second-order valence-corrected chi connectivity index (χ2v) is 7.08. The monoisotopic (exact) mass is 448 g/mol. The number of nitriles is 1. The number of rotatable bonds is 5. The minimum absolute atomic E-state index is 0.0795. The van der Waals surface area contributed by atoms with Crippen LogP contribution in [0.4, 0.5) is 11.4 Å². The van der Waals surface area contributed by atoms with E-state index >= 15 is 0 Å². The number of methoxy groups -OCH3 is 2.